The molecule has 1 heterocycles. The van der Waals surface area contributed by atoms with Gasteiger partial charge < -0.3 is 10.6 Å². The highest BCUT2D eigenvalue weighted by Gasteiger charge is 2.12. The Hall–Kier alpha value is -3.55. The highest BCUT2D eigenvalue weighted by Crippen LogP contribution is 2.22. The molecular formula is C17H15N5O3. The maximum absolute atomic E-state index is 12.1. The van der Waals surface area contributed by atoms with Gasteiger partial charge in [0.1, 0.15) is 11.4 Å². The molecule has 0 bridgehead atoms. The van der Waals surface area contributed by atoms with Crippen molar-refractivity contribution in [3.63, 3.8) is 0 Å². The van der Waals surface area contributed by atoms with E-state index in [0.717, 1.165) is 5.52 Å². The molecule has 2 aromatic carbocycles. The van der Waals surface area contributed by atoms with E-state index in [0.29, 0.717) is 24.3 Å². The van der Waals surface area contributed by atoms with Gasteiger partial charge in [-0.25, -0.2) is 4.98 Å². The number of fused-ring (bicyclic) bond motifs is 1. The molecule has 0 aliphatic heterocycles. The molecule has 126 valence electrons. The van der Waals surface area contributed by atoms with E-state index in [2.05, 4.69) is 20.6 Å². The monoisotopic (exact) mass is 337 g/mol. The van der Waals surface area contributed by atoms with Gasteiger partial charge in [0.05, 0.1) is 22.2 Å². The van der Waals surface area contributed by atoms with Crippen LogP contribution in [-0.4, -0.2) is 33.9 Å². The fraction of sp³-hybridized carbons (Fsp3) is 0.118. The molecule has 0 saturated heterocycles. The number of nitrogens with one attached hydrogen (secondary N) is 2. The predicted molar refractivity (Wildman–Crippen MR) is 93.5 cm³/mol. The van der Waals surface area contributed by atoms with E-state index in [9.17, 15) is 14.9 Å². The topological polar surface area (TPSA) is 110 Å². The zero-order chi connectivity index (χ0) is 17.6. The molecule has 0 atom stereocenters. The summed E-state index contributed by atoms with van der Waals surface area (Å²) in [5.74, 6) is -0.345. The van der Waals surface area contributed by atoms with E-state index in [1.54, 1.807) is 24.3 Å². The summed E-state index contributed by atoms with van der Waals surface area (Å²) in [6.07, 6.45) is 1.42. The van der Waals surface area contributed by atoms with Crippen LogP contribution >= 0.6 is 0 Å². The van der Waals surface area contributed by atoms with Crippen LogP contribution in [-0.2, 0) is 0 Å². The molecule has 0 unspecified atom stereocenters. The van der Waals surface area contributed by atoms with Gasteiger partial charge in [0.2, 0.25) is 0 Å². The molecule has 0 aliphatic rings. The second-order valence-electron chi connectivity index (χ2n) is 5.20. The van der Waals surface area contributed by atoms with Crippen molar-refractivity contribution in [2.45, 2.75) is 0 Å². The third-order valence-electron chi connectivity index (χ3n) is 3.51. The summed E-state index contributed by atoms with van der Waals surface area (Å²) in [7, 11) is 0. The number of nitro groups is 1. The standard InChI is InChI=1S/C17H15N5O3/c23-17(15-11-20-12-5-1-2-6-13(12)21-15)19-10-9-18-14-7-3-4-8-16(14)22(24)25/h1-8,11,18H,9-10H2,(H,19,23). The van der Waals surface area contributed by atoms with Gasteiger partial charge >= 0.3 is 0 Å². The summed E-state index contributed by atoms with van der Waals surface area (Å²) in [5, 5.41) is 16.6. The Balaban J connectivity index is 1.56. The molecule has 0 fully saturated rings. The first-order chi connectivity index (χ1) is 12.1. The number of aromatic nitrogens is 2. The number of nitrogens with zero attached hydrogens (tertiary/aromatic N) is 3. The average Bonchev–Trinajstić information content (AvgIpc) is 2.64. The first-order valence-corrected chi connectivity index (χ1v) is 7.62. The van der Waals surface area contributed by atoms with E-state index in [4.69, 9.17) is 0 Å². The van der Waals surface area contributed by atoms with Gasteiger partial charge in [0, 0.05) is 19.2 Å². The fourth-order valence-corrected chi connectivity index (χ4v) is 2.31. The molecule has 3 aromatic rings. The van der Waals surface area contributed by atoms with Crippen LogP contribution in [0.4, 0.5) is 11.4 Å². The largest absolute Gasteiger partial charge is 0.378 e. The summed E-state index contributed by atoms with van der Waals surface area (Å²) < 4.78 is 0. The van der Waals surface area contributed by atoms with Gasteiger partial charge in [-0.15, -0.1) is 0 Å². The fourth-order valence-electron chi connectivity index (χ4n) is 2.31. The normalized spacial score (nSPS) is 10.4. The molecule has 0 saturated carbocycles. The van der Waals surface area contributed by atoms with Crippen LogP contribution in [0.25, 0.3) is 11.0 Å². The molecule has 1 aromatic heterocycles. The van der Waals surface area contributed by atoms with Crippen LogP contribution < -0.4 is 10.6 Å². The highest BCUT2D eigenvalue weighted by atomic mass is 16.6. The molecule has 2 N–H and O–H groups in total. The molecule has 8 heteroatoms. The molecule has 25 heavy (non-hydrogen) atoms. The van der Waals surface area contributed by atoms with E-state index in [1.807, 2.05) is 18.2 Å². The summed E-state index contributed by atoms with van der Waals surface area (Å²) in [4.78, 5) is 31.1. The zero-order valence-corrected chi connectivity index (χ0v) is 13.2. The van der Waals surface area contributed by atoms with E-state index < -0.39 is 4.92 Å². The molecule has 8 nitrogen and oxygen atoms in total. The van der Waals surface area contributed by atoms with Gasteiger partial charge in [0.25, 0.3) is 11.6 Å². The number of hydrogen-bond acceptors (Lipinski definition) is 6. The minimum Gasteiger partial charge on any atom is -0.378 e. The average molecular weight is 337 g/mol. The quantitative estimate of drug-likeness (QED) is 0.406. The van der Waals surface area contributed by atoms with Crippen LogP contribution in [0.1, 0.15) is 10.5 Å². The first-order valence-electron chi connectivity index (χ1n) is 7.62. The summed E-state index contributed by atoms with van der Waals surface area (Å²) in [5.41, 5.74) is 2.00. The molecule has 0 spiro atoms. The van der Waals surface area contributed by atoms with Gasteiger partial charge in [-0.3, -0.25) is 19.9 Å². The van der Waals surface area contributed by atoms with Crippen molar-refractivity contribution in [1.82, 2.24) is 15.3 Å². The maximum Gasteiger partial charge on any atom is 0.292 e. The van der Waals surface area contributed by atoms with E-state index in [-0.39, 0.29) is 17.3 Å². The minimum absolute atomic E-state index is 0.00535. The van der Waals surface area contributed by atoms with Crippen molar-refractivity contribution in [2.24, 2.45) is 0 Å². The Labute approximate surface area is 143 Å². The van der Waals surface area contributed by atoms with Gasteiger partial charge in [0.15, 0.2) is 0 Å². The number of carbonyl (C=O) groups is 1. The lowest BCUT2D eigenvalue weighted by Gasteiger charge is -2.08. The Morgan fingerprint density at radius 2 is 1.76 bits per heavy atom. The SMILES string of the molecule is O=C(NCCNc1ccccc1[N+](=O)[O-])c1cnc2ccccc2n1. The second-order valence-corrected chi connectivity index (χ2v) is 5.20. The van der Waals surface area contributed by atoms with E-state index >= 15 is 0 Å². The smallest absolute Gasteiger partial charge is 0.292 e. The molecular weight excluding hydrogens is 322 g/mol. The minimum atomic E-state index is -0.453. The number of hydrogen-bond donors (Lipinski definition) is 2. The van der Waals surface area contributed by atoms with Crippen molar-refractivity contribution in [3.8, 4) is 0 Å². The van der Waals surface area contributed by atoms with Crippen LogP contribution in [0.5, 0.6) is 0 Å². The lowest BCUT2D eigenvalue weighted by molar-refractivity contribution is -0.384. The molecule has 0 radical (unpaired) electrons. The third kappa shape index (κ3) is 3.86. The van der Waals surface area contributed by atoms with Crippen molar-refractivity contribution in [1.29, 1.82) is 0 Å². The Morgan fingerprint density at radius 3 is 2.56 bits per heavy atom. The summed E-state index contributed by atoms with van der Waals surface area (Å²) in [6.45, 7) is 0.636. The number of amides is 1. The third-order valence-corrected chi connectivity index (χ3v) is 3.51. The molecule has 1 amide bonds. The Kier molecular flexibility index (Phi) is 4.79. The Bertz CT molecular complexity index is 929. The van der Waals surface area contributed by atoms with Crippen molar-refractivity contribution in [2.75, 3.05) is 18.4 Å². The van der Waals surface area contributed by atoms with Crippen molar-refractivity contribution in [3.05, 3.63) is 70.5 Å². The molecule has 0 aliphatic carbocycles. The Morgan fingerprint density at radius 1 is 1.04 bits per heavy atom. The van der Waals surface area contributed by atoms with Crippen LogP contribution in [0, 0.1) is 10.1 Å². The number of para-hydroxylation sites is 4. The van der Waals surface area contributed by atoms with Crippen LogP contribution in [0.2, 0.25) is 0 Å². The highest BCUT2D eigenvalue weighted by molar-refractivity contribution is 5.93. The second kappa shape index (κ2) is 7.35. The first kappa shape index (κ1) is 16.3. The maximum atomic E-state index is 12.1. The number of nitro benzene ring substituents is 1. The predicted octanol–water partition coefficient (Wildman–Crippen LogP) is 2.38. The van der Waals surface area contributed by atoms with Crippen LogP contribution in [0.15, 0.2) is 54.7 Å². The van der Waals surface area contributed by atoms with Crippen molar-refractivity contribution < 1.29 is 9.72 Å². The molecule has 3 rings (SSSR count). The summed E-state index contributed by atoms with van der Waals surface area (Å²) >= 11 is 0. The van der Waals surface area contributed by atoms with Crippen LogP contribution in [0.3, 0.4) is 0 Å². The lowest BCUT2D eigenvalue weighted by Crippen LogP contribution is -2.29. The van der Waals surface area contributed by atoms with E-state index in [1.165, 1.54) is 12.3 Å². The summed E-state index contributed by atoms with van der Waals surface area (Å²) in [6, 6.07) is 13.6. The van der Waals surface area contributed by atoms with Crippen molar-refractivity contribution >= 4 is 28.3 Å². The number of carbonyl (C=O) groups excluding carboxylic acids is 1. The van der Waals surface area contributed by atoms with Gasteiger partial charge in [-0.1, -0.05) is 24.3 Å². The number of anilines is 1. The number of benzene rings is 2. The number of rotatable bonds is 6. The zero-order valence-electron chi connectivity index (χ0n) is 13.2. The lowest BCUT2D eigenvalue weighted by atomic mass is 10.2. The van der Waals surface area contributed by atoms with Gasteiger partial charge in [-0.2, -0.15) is 0 Å². The van der Waals surface area contributed by atoms with Gasteiger partial charge in [-0.05, 0) is 18.2 Å².